The smallest absolute Gasteiger partial charge is 0.245 e. The van der Waals surface area contributed by atoms with Crippen molar-refractivity contribution in [3.8, 4) is 5.75 Å². The maximum Gasteiger partial charge on any atom is 0.245 e. The van der Waals surface area contributed by atoms with Crippen molar-refractivity contribution >= 4 is 23.7 Å². The number of nitrogens with zero attached hydrogens (tertiary/aromatic N) is 2. The van der Waals surface area contributed by atoms with E-state index in [1.54, 1.807) is 19.1 Å². The van der Waals surface area contributed by atoms with Crippen LogP contribution in [0.2, 0.25) is 0 Å². The molecule has 0 aliphatic heterocycles. The van der Waals surface area contributed by atoms with Crippen LogP contribution >= 0.6 is 0 Å². The molecular weight excluding hydrogens is 472 g/mol. The van der Waals surface area contributed by atoms with E-state index in [4.69, 9.17) is 22.9 Å². The van der Waals surface area contributed by atoms with Crippen LogP contribution in [0.4, 0.5) is 0 Å². The number of aliphatic imine (C=N–C) groups is 2. The zero-order valence-corrected chi connectivity index (χ0v) is 21.6. The van der Waals surface area contributed by atoms with E-state index in [0.717, 1.165) is 22.3 Å². The molecule has 2 amide bonds. The van der Waals surface area contributed by atoms with Crippen molar-refractivity contribution in [3.63, 3.8) is 0 Å². The van der Waals surface area contributed by atoms with Gasteiger partial charge in [-0.05, 0) is 67.5 Å². The molecule has 3 atom stereocenters. The van der Waals surface area contributed by atoms with Crippen molar-refractivity contribution in [3.05, 3.63) is 64.7 Å². The first-order valence-electron chi connectivity index (χ1n) is 12.0. The first kappa shape index (κ1) is 29.0. The van der Waals surface area contributed by atoms with Crippen LogP contribution in [-0.2, 0) is 22.4 Å². The quantitative estimate of drug-likeness (QED) is 0.153. The number of aryl methyl sites for hydroxylation is 2. The van der Waals surface area contributed by atoms with Crippen LogP contribution in [0.1, 0.15) is 29.2 Å². The monoisotopic (exact) mass is 510 g/mol. The molecule has 0 aliphatic carbocycles. The number of benzene rings is 2. The minimum Gasteiger partial charge on any atom is -0.508 e. The number of phenols is 1. The minimum atomic E-state index is -0.949. The lowest BCUT2D eigenvalue weighted by Crippen LogP contribution is -2.49. The molecule has 37 heavy (non-hydrogen) atoms. The molecular formula is C26H38N8O3. The van der Waals surface area contributed by atoms with Gasteiger partial charge in [0, 0.05) is 19.5 Å². The molecule has 11 N–H and O–H groups in total. The average molecular weight is 511 g/mol. The molecule has 0 unspecified atom stereocenters. The molecule has 0 heterocycles. The molecule has 2 aromatic carbocycles. The van der Waals surface area contributed by atoms with E-state index in [-0.39, 0.29) is 35.9 Å². The van der Waals surface area contributed by atoms with Crippen molar-refractivity contribution in [2.24, 2.45) is 38.8 Å². The van der Waals surface area contributed by atoms with E-state index in [1.165, 1.54) is 0 Å². The summed E-state index contributed by atoms with van der Waals surface area (Å²) in [5.74, 6) is -1.03. The zero-order valence-electron chi connectivity index (χ0n) is 21.6. The highest BCUT2D eigenvalue weighted by Gasteiger charge is 2.25. The molecule has 0 radical (unpaired) electrons. The Morgan fingerprint density at radius 1 is 0.946 bits per heavy atom. The van der Waals surface area contributed by atoms with Gasteiger partial charge in [-0.2, -0.15) is 0 Å². The molecule has 0 fully saturated rings. The number of nitrogens with two attached hydrogens (primary N) is 4. The molecule has 11 heteroatoms. The highest BCUT2D eigenvalue weighted by atomic mass is 16.3. The number of amides is 2. The summed E-state index contributed by atoms with van der Waals surface area (Å²) in [5, 5.41) is 15.4. The van der Waals surface area contributed by atoms with E-state index < -0.39 is 18.0 Å². The van der Waals surface area contributed by atoms with E-state index in [0.29, 0.717) is 19.5 Å². The number of carbonyl (C=O) groups is 2. The first-order chi connectivity index (χ1) is 17.5. The van der Waals surface area contributed by atoms with Crippen LogP contribution in [0.5, 0.6) is 5.75 Å². The Morgan fingerprint density at radius 3 is 2.14 bits per heavy atom. The van der Waals surface area contributed by atoms with E-state index in [1.807, 2.05) is 44.2 Å². The van der Waals surface area contributed by atoms with E-state index >= 15 is 0 Å². The molecule has 2 aromatic rings. The summed E-state index contributed by atoms with van der Waals surface area (Å²) in [6.07, 6.45) is 0.865. The summed E-state index contributed by atoms with van der Waals surface area (Å²) in [6, 6.07) is 11.2. The van der Waals surface area contributed by atoms with Crippen LogP contribution in [0.25, 0.3) is 0 Å². The Kier molecular flexibility index (Phi) is 10.7. The van der Waals surface area contributed by atoms with Gasteiger partial charge >= 0.3 is 0 Å². The van der Waals surface area contributed by atoms with Crippen molar-refractivity contribution in [1.29, 1.82) is 0 Å². The summed E-state index contributed by atoms with van der Waals surface area (Å²) in [5.41, 5.74) is 25.7. The third-order valence-corrected chi connectivity index (χ3v) is 5.90. The third-order valence-electron chi connectivity index (χ3n) is 5.90. The van der Waals surface area contributed by atoms with Crippen LogP contribution in [0.15, 0.2) is 52.4 Å². The number of nitrogens with one attached hydrogen (secondary N) is 2. The highest BCUT2D eigenvalue weighted by Crippen LogP contribution is 2.22. The SMILES string of the molecule is Cc1cc(O)cc(C)c1C[C@H](N=C(N)N)C(=O)N[C@H](C)C(=O)NC[C@@H](CN=C(N)N)Cc1ccccc1. The number of hydrogen-bond acceptors (Lipinski definition) is 5. The second-order valence-electron chi connectivity index (χ2n) is 9.13. The van der Waals surface area contributed by atoms with Gasteiger partial charge in [-0.3, -0.25) is 14.6 Å². The van der Waals surface area contributed by atoms with Gasteiger partial charge in [-0.25, -0.2) is 4.99 Å². The van der Waals surface area contributed by atoms with Crippen molar-refractivity contribution in [2.45, 2.75) is 45.7 Å². The molecule has 0 aliphatic rings. The maximum absolute atomic E-state index is 13.0. The standard InChI is InChI=1S/C26H38N8O3/c1-15-9-20(35)10-16(2)21(15)12-22(34-26(29)30)24(37)33-17(3)23(36)31-13-19(14-32-25(27)28)11-18-7-5-4-6-8-18/h4-10,17,19,22,35H,11-14H2,1-3H3,(H,31,36)(H,33,37)(H4,27,28,32)(H4,29,30,34)/t17-,19+,22+/m1/s1. The number of guanidine groups is 2. The summed E-state index contributed by atoms with van der Waals surface area (Å²) >= 11 is 0. The van der Waals surface area contributed by atoms with Crippen LogP contribution in [-0.4, -0.2) is 54.0 Å². The fourth-order valence-electron chi connectivity index (χ4n) is 4.02. The summed E-state index contributed by atoms with van der Waals surface area (Å²) < 4.78 is 0. The molecule has 0 saturated heterocycles. The summed E-state index contributed by atoms with van der Waals surface area (Å²) in [4.78, 5) is 34.0. The van der Waals surface area contributed by atoms with Gasteiger partial charge in [0.05, 0.1) is 0 Å². The largest absolute Gasteiger partial charge is 0.508 e. The van der Waals surface area contributed by atoms with Gasteiger partial charge in [-0.1, -0.05) is 30.3 Å². The molecule has 11 nitrogen and oxygen atoms in total. The van der Waals surface area contributed by atoms with Crippen molar-refractivity contribution < 1.29 is 14.7 Å². The van der Waals surface area contributed by atoms with Gasteiger partial charge < -0.3 is 38.7 Å². The fourth-order valence-corrected chi connectivity index (χ4v) is 4.02. The normalized spacial score (nSPS) is 13.1. The number of phenolic OH excluding ortho intramolecular Hbond substituents is 1. The Bertz CT molecular complexity index is 1100. The molecule has 0 bridgehead atoms. The highest BCUT2D eigenvalue weighted by molar-refractivity contribution is 5.91. The second kappa shape index (κ2) is 13.7. The van der Waals surface area contributed by atoms with E-state index in [9.17, 15) is 14.7 Å². The molecule has 2 rings (SSSR count). The Hall–Kier alpha value is -4.28. The topological polar surface area (TPSA) is 207 Å². The number of carbonyl (C=O) groups excluding carboxylic acids is 2. The number of hydrogen-bond donors (Lipinski definition) is 7. The summed E-state index contributed by atoms with van der Waals surface area (Å²) in [6.45, 7) is 5.90. The predicted octanol–water partition coefficient (Wildman–Crippen LogP) is -0.0533. The molecule has 200 valence electrons. The summed E-state index contributed by atoms with van der Waals surface area (Å²) in [7, 11) is 0. The van der Waals surface area contributed by atoms with Gasteiger partial charge in [-0.15, -0.1) is 0 Å². The van der Waals surface area contributed by atoms with Crippen molar-refractivity contribution in [2.75, 3.05) is 13.1 Å². The van der Waals surface area contributed by atoms with E-state index in [2.05, 4.69) is 20.6 Å². The lowest BCUT2D eigenvalue weighted by molar-refractivity contribution is -0.129. The van der Waals surface area contributed by atoms with Gasteiger partial charge in [0.1, 0.15) is 17.8 Å². The zero-order chi connectivity index (χ0) is 27.5. The van der Waals surface area contributed by atoms with Gasteiger partial charge in [0.15, 0.2) is 11.9 Å². The number of rotatable bonds is 12. The van der Waals surface area contributed by atoms with Gasteiger partial charge in [0.25, 0.3) is 0 Å². The van der Waals surface area contributed by atoms with Crippen LogP contribution in [0, 0.1) is 19.8 Å². The Morgan fingerprint density at radius 2 is 1.57 bits per heavy atom. The average Bonchev–Trinajstić information content (AvgIpc) is 2.82. The maximum atomic E-state index is 13.0. The Balaban J connectivity index is 2.05. The minimum absolute atomic E-state index is 0.0186. The number of aromatic hydroxyl groups is 1. The second-order valence-corrected chi connectivity index (χ2v) is 9.13. The first-order valence-corrected chi connectivity index (χ1v) is 12.0. The fraction of sp³-hybridized carbons (Fsp3) is 0.385. The van der Waals surface area contributed by atoms with Gasteiger partial charge in [0.2, 0.25) is 11.8 Å². The lowest BCUT2D eigenvalue weighted by Gasteiger charge is -2.21. The van der Waals surface area contributed by atoms with Crippen molar-refractivity contribution in [1.82, 2.24) is 10.6 Å². The predicted molar refractivity (Wildman–Crippen MR) is 146 cm³/mol. The molecule has 0 spiro atoms. The van der Waals surface area contributed by atoms with Crippen LogP contribution < -0.4 is 33.6 Å². The lowest BCUT2D eigenvalue weighted by atomic mass is 9.95. The Labute approximate surface area is 217 Å². The molecule has 0 saturated carbocycles. The molecule has 0 aromatic heterocycles. The van der Waals surface area contributed by atoms with Crippen LogP contribution in [0.3, 0.4) is 0 Å². The third kappa shape index (κ3) is 9.71.